The fourth-order valence-corrected chi connectivity index (χ4v) is 2.31. The lowest BCUT2D eigenvalue weighted by Crippen LogP contribution is -2.30. The second-order valence-corrected chi connectivity index (χ2v) is 4.75. The van der Waals surface area contributed by atoms with Gasteiger partial charge in [0.15, 0.2) is 6.61 Å². The SMILES string of the molecule is CCOC(=O)COc1ccc(N2CCCCC2)c(F)c1. The first-order valence-electron chi connectivity index (χ1n) is 7.03. The van der Waals surface area contributed by atoms with E-state index in [2.05, 4.69) is 0 Å². The number of piperidine rings is 1. The zero-order valence-electron chi connectivity index (χ0n) is 11.7. The second-order valence-electron chi connectivity index (χ2n) is 4.75. The maximum Gasteiger partial charge on any atom is 0.344 e. The van der Waals surface area contributed by atoms with Crippen molar-refractivity contribution in [3.8, 4) is 5.75 Å². The van der Waals surface area contributed by atoms with E-state index in [0.717, 1.165) is 25.9 Å². The smallest absolute Gasteiger partial charge is 0.344 e. The van der Waals surface area contributed by atoms with Crippen molar-refractivity contribution in [1.82, 2.24) is 0 Å². The van der Waals surface area contributed by atoms with Crippen LogP contribution in [-0.4, -0.2) is 32.3 Å². The third-order valence-electron chi connectivity index (χ3n) is 3.28. The van der Waals surface area contributed by atoms with Crippen molar-refractivity contribution < 1.29 is 18.7 Å². The average Bonchev–Trinajstić information content (AvgIpc) is 2.46. The van der Waals surface area contributed by atoms with Crippen LogP contribution in [-0.2, 0) is 9.53 Å². The Balaban J connectivity index is 1.96. The van der Waals surface area contributed by atoms with Crippen molar-refractivity contribution in [2.75, 3.05) is 31.2 Å². The minimum absolute atomic E-state index is 0.198. The number of nitrogens with zero attached hydrogens (tertiary/aromatic N) is 1. The van der Waals surface area contributed by atoms with Gasteiger partial charge in [0, 0.05) is 19.2 Å². The molecule has 1 saturated heterocycles. The third kappa shape index (κ3) is 3.85. The summed E-state index contributed by atoms with van der Waals surface area (Å²) in [6.07, 6.45) is 3.40. The normalized spacial score (nSPS) is 15.0. The third-order valence-corrected chi connectivity index (χ3v) is 3.28. The minimum Gasteiger partial charge on any atom is -0.482 e. The number of hydrogen-bond acceptors (Lipinski definition) is 4. The van der Waals surface area contributed by atoms with Gasteiger partial charge in [0.25, 0.3) is 0 Å². The van der Waals surface area contributed by atoms with Gasteiger partial charge in [-0.3, -0.25) is 0 Å². The Kier molecular flexibility index (Phi) is 5.21. The first kappa shape index (κ1) is 14.6. The Morgan fingerprint density at radius 2 is 2.05 bits per heavy atom. The number of carbonyl (C=O) groups excluding carboxylic acids is 1. The van der Waals surface area contributed by atoms with Gasteiger partial charge in [0.1, 0.15) is 11.6 Å². The van der Waals surface area contributed by atoms with E-state index in [0.29, 0.717) is 18.0 Å². The van der Waals surface area contributed by atoms with Crippen LogP contribution in [0.2, 0.25) is 0 Å². The monoisotopic (exact) mass is 281 g/mol. The molecule has 0 aliphatic carbocycles. The fraction of sp³-hybridized carbons (Fsp3) is 0.533. The number of rotatable bonds is 5. The lowest BCUT2D eigenvalue weighted by atomic mass is 10.1. The maximum atomic E-state index is 14.1. The minimum atomic E-state index is -0.451. The predicted octanol–water partition coefficient (Wildman–Crippen LogP) is 2.76. The molecule has 1 heterocycles. The Bertz CT molecular complexity index is 458. The lowest BCUT2D eigenvalue weighted by Gasteiger charge is -2.29. The number of halogens is 1. The van der Waals surface area contributed by atoms with Crippen LogP contribution in [0.15, 0.2) is 18.2 Å². The first-order chi connectivity index (χ1) is 9.70. The number of esters is 1. The molecule has 110 valence electrons. The van der Waals surface area contributed by atoms with Crippen LogP contribution in [0.1, 0.15) is 26.2 Å². The van der Waals surface area contributed by atoms with E-state index in [1.54, 1.807) is 19.1 Å². The molecular formula is C15H20FNO3. The van der Waals surface area contributed by atoms with Gasteiger partial charge in [-0.1, -0.05) is 0 Å². The van der Waals surface area contributed by atoms with Gasteiger partial charge in [-0.15, -0.1) is 0 Å². The molecule has 0 N–H and O–H groups in total. The second kappa shape index (κ2) is 7.12. The van der Waals surface area contributed by atoms with E-state index in [4.69, 9.17) is 9.47 Å². The summed E-state index contributed by atoms with van der Waals surface area (Å²) in [5.74, 6) is -0.419. The van der Waals surface area contributed by atoms with Crippen molar-refractivity contribution in [3.63, 3.8) is 0 Å². The van der Waals surface area contributed by atoms with Crippen molar-refractivity contribution in [2.24, 2.45) is 0 Å². The Morgan fingerprint density at radius 3 is 2.70 bits per heavy atom. The van der Waals surface area contributed by atoms with Gasteiger partial charge >= 0.3 is 5.97 Å². The van der Waals surface area contributed by atoms with Gasteiger partial charge in [0.05, 0.1) is 12.3 Å². The summed E-state index contributed by atoms with van der Waals surface area (Å²) < 4.78 is 24.0. The molecular weight excluding hydrogens is 261 g/mol. The maximum absolute atomic E-state index is 14.1. The highest BCUT2D eigenvalue weighted by Crippen LogP contribution is 2.26. The van der Waals surface area contributed by atoms with Crippen LogP contribution in [0.25, 0.3) is 0 Å². The summed E-state index contributed by atoms with van der Waals surface area (Å²) in [6, 6.07) is 4.72. The average molecular weight is 281 g/mol. The highest BCUT2D eigenvalue weighted by Gasteiger charge is 2.15. The van der Waals surface area contributed by atoms with E-state index in [9.17, 15) is 9.18 Å². The molecule has 0 aromatic heterocycles. The zero-order chi connectivity index (χ0) is 14.4. The molecule has 0 amide bonds. The number of hydrogen-bond donors (Lipinski definition) is 0. The van der Waals surface area contributed by atoms with Gasteiger partial charge in [-0.2, -0.15) is 0 Å². The molecule has 1 aromatic rings. The van der Waals surface area contributed by atoms with Crippen LogP contribution in [0.5, 0.6) is 5.75 Å². The van der Waals surface area contributed by atoms with Gasteiger partial charge in [-0.05, 0) is 38.3 Å². The highest BCUT2D eigenvalue weighted by atomic mass is 19.1. The number of carbonyl (C=O) groups is 1. The lowest BCUT2D eigenvalue weighted by molar-refractivity contribution is -0.145. The molecule has 1 aliphatic heterocycles. The number of benzene rings is 1. The molecule has 2 rings (SSSR count). The highest BCUT2D eigenvalue weighted by molar-refractivity contribution is 5.71. The van der Waals surface area contributed by atoms with Gasteiger partial charge in [0.2, 0.25) is 0 Å². The largest absolute Gasteiger partial charge is 0.482 e. The molecule has 5 heteroatoms. The van der Waals surface area contributed by atoms with Crippen molar-refractivity contribution >= 4 is 11.7 Å². The molecule has 1 aliphatic rings. The summed E-state index contributed by atoms with van der Waals surface area (Å²) in [4.78, 5) is 13.2. The van der Waals surface area contributed by atoms with Crippen LogP contribution in [0.3, 0.4) is 0 Å². The van der Waals surface area contributed by atoms with E-state index in [1.165, 1.54) is 12.5 Å². The van der Waals surface area contributed by atoms with E-state index in [1.807, 2.05) is 4.90 Å². The first-order valence-corrected chi connectivity index (χ1v) is 7.03. The number of ether oxygens (including phenoxy) is 2. The molecule has 4 nitrogen and oxygen atoms in total. The summed E-state index contributed by atoms with van der Waals surface area (Å²) in [6.45, 7) is 3.62. The number of anilines is 1. The molecule has 0 atom stereocenters. The van der Waals surface area contributed by atoms with Crippen LogP contribution >= 0.6 is 0 Å². The zero-order valence-corrected chi connectivity index (χ0v) is 11.7. The van der Waals surface area contributed by atoms with E-state index in [-0.39, 0.29) is 12.4 Å². The Hall–Kier alpha value is -1.78. The van der Waals surface area contributed by atoms with Crippen molar-refractivity contribution in [3.05, 3.63) is 24.0 Å². The van der Waals surface area contributed by atoms with Crippen LogP contribution in [0, 0.1) is 5.82 Å². The van der Waals surface area contributed by atoms with Crippen LogP contribution in [0.4, 0.5) is 10.1 Å². The quantitative estimate of drug-likeness (QED) is 0.778. The summed E-state index contributed by atoms with van der Waals surface area (Å²) in [7, 11) is 0. The molecule has 0 radical (unpaired) electrons. The van der Waals surface area contributed by atoms with Crippen molar-refractivity contribution in [1.29, 1.82) is 0 Å². The molecule has 0 unspecified atom stereocenters. The molecule has 0 saturated carbocycles. The Labute approximate surface area is 118 Å². The van der Waals surface area contributed by atoms with Gasteiger partial charge in [-0.25, -0.2) is 9.18 Å². The summed E-state index contributed by atoms with van der Waals surface area (Å²) in [5.41, 5.74) is 0.605. The van der Waals surface area contributed by atoms with E-state index < -0.39 is 5.97 Å². The Morgan fingerprint density at radius 1 is 1.30 bits per heavy atom. The van der Waals surface area contributed by atoms with Crippen LogP contribution < -0.4 is 9.64 Å². The molecule has 0 bridgehead atoms. The molecule has 1 aromatic carbocycles. The summed E-state index contributed by atoms with van der Waals surface area (Å²) in [5, 5.41) is 0. The molecule has 20 heavy (non-hydrogen) atoms. The van der Waals surface area contributed by atoms with E-state index >= 15 is 0 Å². The van der Waals surface area contributed by atoms with Crippen molar-refractivity contribution in [2.45, 2.75) is 26.2 Å². The predicted molar refractivity (Wildman–Crippen MR) is 74.6 cm³/mol. The molecule has 1 fully saturated rings. The molecule has 0 spiro atoms. The topological polar surface area (TPSA) is 38.8 Å². The summed E-state index contributed by atoms with van der Waals surface area (Å²) >= 11 is 0. The fourth-order valence-electron chi connectivity index (χ4n) is 2.31. The van der Waals surface area contributed by atoms with Gasteiger partial charge < -0.3 is 14.4 Å². The standard InChI is InChI=1S/C15H20FNO3/c1-2-19-15(18)11-20-12-6-7-14(13(16)10-12)17-8-4-3-5-9-17/h6-7,10H,2-5,8-9,11H2,1H3.